The summed E-state index contributed by atoms with van der Waals surface area (Å²) in [4.78, 5) is 53.6. The number of hydrogen-bond acceptors (Lipinski definition) is 6. The van der Waals surface area contributed by atoms with Gasteiger partial charge in [0, 0.05) is 38.2 Å². The second-order valence-electron chi connectivity index (χ2n) is 9.17. The second kappa shape index (κ2) is 13.1. The molecule has 3 N–H and O–H groups in total. The van der Waals surface area contributed by atoms with E-state index in [-0.39, 0.29) is 23.9 Å². The number of piperidine rings is 2. The number of amides is 3. The molecule has 0 aromatic heterocycles. The van der Waals surface area contributed by atoms with Gasteiger partial charge in [-0.3, -0.25) is 14.4 Å². The van der Waals surface area contributed by atoms with Crippen molar-refractivity contribution >= 4 is 23.7 Å². The molecule has 2 fully saturated rings. The molecule has 2 aliphatic rings. The predicted molar refractivity (Wildman–Crippen MR) is 129 cm³/mol. The van der Waals surface area contributed by atoms with Crippen molar-refractivity contribution in [2.75, 3.05) is 46.4 Å². The van der Waals surface area contributed by atoms with Gasteiger partial charge in [0.2, 0.25) is 11.8 Å². The van der Waals surface area contributed by atoms with E-state index in [0.717, 1.165) is 26.1 Å². The molecule has 1 aromatic rings. The van der Waals surface area contributed by atoms with Gasteiger partial charge in [-0.2, -0.15) is 0 Å². The number of methoxy groups -OCH3 is 1. The van der Waals surface area contributed by atoms with Crippen LogP contribution in [0.2, 0.25) is 0 Å². The molecule has 0 unspecified atom stereocenters. The molecule has 3 amide bonds. The SMILES string of the molecule is COc1ccc(C(=O)N[C@@H](CNC(=O)[C@@H]2CCCN(C(=O)CCN3CCCCC3)C2)C(=O)O)cc1. The van der Waals surface area contributed by atoms with E-state index in [1.807, 2.05) is 0 Å². The number of benzene rings is 1. The quantitative estimate of drug-likeness (QED) is 0.450. The highest BCUT2D eigenvalue weighted by molar-refractivity contribution is 5.96. The minimum absolute atomic E-state index is 0.0586. The van der Waals surface area contributed by atoms with E-state index in [4.69, 9.17) is 4.74 Å². The van der Waals surface area contributed by atoms with Crippen molar-refractivity contribution in [2.24, 2.45) is 5.92 Å². The van der Waals surface area contributed by atoms with Gasteiger partial charge in [-0.1, -0.05) is 6.42 Å². The first-order valence-corrected chi connectivity index (χ1v) is 12.3. The van der Waals surface area contributed by atoms with Crippen molar-refractivity contribution in [3.8, 4) is 5.75 Å². The maximum absolute atomic E-state index is 12.7. The lowest BCUT2D eigenvalue weighted by molar-refractivity contribution is -0.139. The van der Waals surface area contributed by atoms with Crippen LogP contribution in [-0.4, -0.2) is 91.0 Å². The number of ether oxygens (including phenoxy) is 1. The minimum atomic E-state index is -1.28. The number of rotatable bonds is 10. The summed E-state index contributed by atoms with van der Waals surface area (Å²) in [6.45, 7) is 3.56. The van der Waals surface area contributed by atoms with Crippen LogP contribution in [0.5, 0.6) is 5.75 Å². The zero-order chi connectivity index (χ0) is 25.2. The normalized spacial score (nSPS) is 19.5. The molecule has 192 valence electrons. The van der Waals surface area contributed by atoms with Gasteiger partial charge in [-0.05, 0) is 63.0 Å². The first kappa shape index (κ1) is 26.5. The first-order chi connectivity index (χ1) is 16.9. The van der Waals surface area contributed by atoms with Crippen LogP contribution < -0.4 is 15.4 Å². The van der Waals surface area contributed by atoms with E-state index in [9.17, 15) is 24.3 Å². The molecule has 0 radical (unpaired) electrons. The number of carboxylic acid groups (broad SMARTS) is 1. The maximum Gasteiger partial charge on any atom is 0.328 e. The van der Waals surface area contributed by atoms with Crippen molar-refractivity contribution < 1.29 is 29.0 Å². The van der Waals surface area contributed by atoms with Crippen LogP contribution in [0, 0.1) is 5.92 Å². The third kappa shape index (κ3) is 7.95. The zero-order valence-electron chi connectivity index (χ0n) is 20.3. The molecule has 2 aliphatic heterocycles. The van der Waals surface area contributed by atoms with Gasteiger partial charge in [0.25, 0.3) is 5.91 Å². The van der Waals surface area contributed by atoms with Crippen molar-refractivity contribution in [2.45, 2.75) is 44.6 Å². The molecule has 0 spiro atoms. The molecule has 3 rings (SSSR count). The fraction of sp³-hybridized carbons (Fsp3) is 0.600. The number of nitrogens with zero attached hydrogens (tertiary/aromatic N) is 2. The standard InChI is InChI=1S/C25H36N4O6/c1-35-20-9-7-18(8-10-20)24(32)27-21(25(33)34)16-26-23(31)19-6-5-14-29(17-19)22(30)11-15-28-12-3-2-4-13-28/h7-10,19,21H,2-6,11-17H2,1H3,(H,26,31)(H,27,32)(H,33,34)/t19-,21+/m1/s1. The Morgan fingerprint density at radius 1 is 1.06 bits per heavy atom. The van der Waals surface area contributed by atoms with Crippen molar-refractivity contribution in [3.63, 3.8) is 0 Å². The molecule has 1 aromatic carbocycles. The number of nitrogens with one attached hydrogen (secondary N) is 2. The summed E-state index contributed by atoms with van der Waals surface area (Å²) in [6, 6.07) is 5.00. The molecular formula is C25H36N4O6. The van der Waals surface area contributed by atoms with Crippen LogP contribution >= 0.6 is 0 Å². The average molecular weight is 489 g/mol. The Kier molecular flexibility index (Phi) is 9.89. The van der Waals surface area contributed by atoms with E-state index in [2.05, 4.69) is 15.5 Å². The zero-order valence-corrected chi connectivity index (χ0v) is 20.3. The number of carboxylic acids is 1. The van der Waals surface area contributed by atoms with Gasteiger partial charge in [-0.25, -0.2) is 4.79 Å². The maximum atomic E-state index is 12.7. The van der Waals surface area contributed by atoms with Gasteiger partial charge in [0.15, 0.2) is 0 Å². The molecule has 2 heterocycles. The Morgan fingerprint density at radius 3 is 2.43 bits per heavy atom. The summed E-state index contributed by atoms with van der Waals surface area (Å²) in [5.74, 6) is -1.86. The van der Waals surface area contributed by atoms with E-state index in [0.29, 0.717) is 31.7 Å². The van der Waals surface area contributed by atoms with E-state index in [1.165, 1.54) is 38.5 Å². The highest BCUT2D eigenvalue weighted by atomic mass is 16.5. The number of carbonyl (C=O) groups is 4. The summed E-state index contributed by atoms with van der Waals surface area (Å²) >= 11 is 0. The lowest BCUT2D eigenvalue weighted by Gasteiger charge is -2.33. The lowest BCUT2D eigenvalue weighted by atomic mass is 9.96. The third-order valence-corrected chi connectivity index (χ3v) is 6.67. The van der Waals surface area contributed by atoms with Gasteiger partial charge in [-0.15, -0.1) is 0 Å². The number of carbonyl (C=O) groups excluding carboxylic acids is 3. The number of likely N-dealkylation sites (tertiary alicyclic amines) is 2. The van der Waals surface area contributed by atoms with Gasteiger partial charge in [0.1, 0.15) is 11.8 Å². The average Bonchev–Trinajstić information content (AvgIpc) is 2.89. The van der Waals surface area contributed by atoms with Gasteiger partial charge in [0.05, 0.1) is 13.0 Å². The Hall–Kier alpha value is -3.14. The monoisotopic (exact) mass is 488 g/mol. The first-order valence-electron chi connectivity index (χ1n) is 12.3. The summed E-state index contributed by atoms with van der Waals surface area (Å²) in [6.07, 6.45) is 5.42. The van der Waals surface area contributed by atoms with Crippen molar-refractivity contribution in [1.82, 2.24) is 20.4 Å². The largest absolute Gasteiger partial charge is 0.497 e. The fourth-order valence-corrected chi connectivity index (χ4v) is 4.54. The molecule has 10 nitrogen and oxygen atoms in total. The van der Waals surface area contributed by atoms with Crippen LogP contribution in [0.3, 0.4) is 0 Å². The van der Waals surface area contributed by atoms with Crippen molar-refractivity contribution in [1.29, 1.82) is 0 Å². The predicted octanol–water partition coefficient (Wildman–Crippen LogP) is 1.11. The Labute approximate surface area is 206 Å². The summed E-state index contributed by atoms with van der Waals surface area (Å²) in [7, 11) is 1.51. The molecule has 0 bridgehead atoms. The van der Waals surface area contributed by atoms with Crippen LogP contribution in [0.15, 0.2) is 24.3 Å². The number of aliphatic carboxylic acids is 1. The molecule has 0 saturated carbocycles. The molecular weight excluding hydrogens is 452 g/mol. The second-order valence-corrected chi connectivity index (χ2v) is 9.17. The van der Waals surface area contributed by atoms with E-state index in [1.54, 1.807) is 17.0 Å². The topological polar surface area (TPSA) is 128 Å². The van der Waals surface area contributed by atoms with Crippen LogP contribution in [0.4, 0.5) is 0 Å². The van der Waals surface area contributed by atoms with Crippen LogP contribution in [0.1, 0.15) is 48.9 Å². The highest BCUT2D eigenvalue weighted by Gasteiger charge is 2.30. The Balaban J connectivity index is 1.46. The van der Waals surface area contributed by atoms with E-state index >= 15 is 0 Å². The molecule has 2 atom stereocenters. The summed E-state index contributed by atoms with van der Waals surface area (Å²) < 4.78 is 5.05. The Morgan fingerprint density at radius 2 is 1.77 bits per heavy atom. The van der Waals surface area contributed by atoms with Gasteiger partial charge >= 0.3 is 5.97 Å². The fourth-order valence-electron chi connectivity index (χ4n) is 4.54. The van der Waals surface area contributed by atoms with Gasteiger partial charge < -0.3 is 30.3 Å². The Bertz CT molecular complexity index is 884. The minimum Gasteiger partial charge on any atom is -0.497 e. The molecule has 0 aliphatic carbocycles. The molecule has 10 heteroatoms. The third-order valence-electron chi connectivity index (χ3n) is 6.67. The molecule has 2 saturated heterocycles. The van der Waals surface area contributed by atoms with Crippen LogP contribution in [0.25, 0.3) is 0 Å². The van der Waals surface area contributed by atoms with E-state index < -0.39 is 23.8 Å². The number of hydrogen-bond donors (Lipinski definition) is 3. The summed E-state index contributed by atoms with van der Waals surface area (Å²) in [5.41, 5.74) is 0.286. The highest BCUT2D eigenvalue weighted by Crippen LogP contribution is 2.18. The lowest BCUT2D eigenvalue weighted by Crippen LogP contribution is -2.51. The van der Waals surface area contributed by atoms with Crippen molar-refractivity contribution in [3.05, 3.63) is 29.8 Å². The smallest absolute Gasteiger partial charge is 0.328 e. The van der Waals surface area contributed by atoms with Crippen LogP contribution in [-0.2, 0) is 14.4 Å². The summed E-state index contributed by atoms with van der Waals surface area (Å²) in [5, 5.41) is 14.6. The molecule has 35 heavy (non-hydrogen) atoms.